The van der Waals surface area contributed by atoms with E-state index >= 15 is 0 Å². The lowest BCUT2D eigenvalue weighted by atomic mass is 10.0. The molecule has 1 heterocycles. The molecule has 0 bridgehead atoms. The maximum atomic E-state index is 13.0. The van der Waals surface area contributed by atoms with Crippen molar-refractivity contribution in [3.63, 3.8) is 0 Å². The van der Waals surface area contributed by atoms with Gasteiger partial charge < -0.3 is 0 Å². The molecular formula is C14H10BrClF3N. The fraction of sp³-hybridized carbons (Fsp3) is 0.214. The Morgan fingerprint density at radius 2 is 1.95 bits per heavy atom. The van der Waals surface area contributed by atoms with E-state index in [0.717, 1.165) is 6.07 Å². The highest BCUT2D eigenvalue weighted by Crippen LogP contribution is 2.39. The summed E-state index contributed by atoms with van der Waals surface area (Å²) >= 11 is 9.20. The SMILES string of the molecule is FC(F)(F)c1cc(Br)ccc1C(Cl)Cc1ccccn1. The van der Waals surface area contributed by atoms with Gasteiger partial charge in [0.05, 0.1) is 10.9 Å². The lowest BCUT2D eigenvalue weighted by Gasteiger charge is -2.17. The van der Waals surface area contributed by atoms with E-state index in [-0.39, 0.29) is 12.0 Å². The molecule has 20 heavy (non-hydrogen) atoms. The summed E-state index contributed by atoms with van der Waals surface area (Å²) in [5.74, 6) is 0. The first-order valence-corrected chi connectivity index (χ1v) is 7.01. The van der Waals surface area contributed by atoms with E-state index in [2.05, 4.69) is 20.9 Å². The van der Waals surface area contributed by atoms with Gasteiger partial charge in [0.2, 0.25) is 0 Å². The van der Waals surface area contributed by atoms with Gasteiger partial charge in [-0.1, -0.05) is 28.1 Å². The van der Waals surface area contributed by atoms with Crippen LogP contribution in [0.1, 0.15) is 22.2 Å². The molecule has 1 unspecified atom stereocenters. The molecule has 0 aliphatic rings. The molecule has 1 atom stereocenters. The molecule has 1 nitrogen and oxygen atoms in total. The van der Waals surface area contributed by atoms with Crippen molar-refractivity contribution in [1.82, 2.24) is 4.98 Å². The van der Waals surface area contributed by atoms with Crippen molar-refractivity contribution in [2.24, 2.45) is 0 Å². The highest BCUT2D eigenvalue weighted by atomic mass is 79.9. The zero-order valence-electron chi connectivity index (χ0n) is 10.2. The topological polar surface area (TPSA) is 12.9 Å². The number of hydrogen-bond acceptors (Lipinski definition) is 1. The zero-order chi connectivity index (χ0) is 14.8. The van der Waals surface area contributed by atoms with E-state index in [1.165, 1.54) is 6.07 Å². The zero-order valence-corrected chi connectivity index (χ0v) is 12.5. The minimum absolute atomic E-state index is 0.0630. The van der Waals surface area contributed by atoms with Crippen LogP contribution in [-0.2, 0) is 12.6 Å². The minimum Gasteiger partial charge on any atom is -0.261 e. The van der Waals surface area contributed by atoms with Crippen LogP contribution in [0.2, 0.25) is 0 Å². The number of hydrogen-bond donors (Lipinski definition) is 0. The molecule has 0 N–H and O–H groups in total. The fourth-order valence-corrected chi connectivity index (χ4v) is 2.57. The molecule has 0 aliphatic heterocycles. The van der Waals surface area contributed by atoms with Gasteiger partial charge in [-0.3, -0.25) is 4.98 Å². The summed E-state index contributed by atoms with van der Waals surface area (Å²) in [5.41, 5.74) is -0.000584. The van der Waals surface area contributed by atoms with Crippen LogP contribution < -0.4 is 0 Å². The van der Waals surface area contributed by atoms with E-state index < -0.39 is 17.1 Å². The third-order valence-electron chi connectivity index (χ3n) is 2.77. The number of nitrogens with zero attached hydrogens (tertiary/aromatic N) is 1. The summed E-state index contributed by atoms with van der Waals surface area (Å²) in [6.07, 6.45) is -2.60. The molecule has 2 rings (SSSR count). The lowest BCUT2D eigenvalue weighted by molar-refractivity contribution is -0.138. The van der Waals surface area contributed by atoms with Gasteiger partial charge in [-0.15, -0.1) is 11.6 Å². The Labute approximate surface area is 127 Å². The standard InChI is InChI=1S/C14H10BrClF3N/c15-9-4-5-11(12(7-9)14(17,18)19)13(16)8-10-3-1-2-6-20-10/h1-7,13H,8H2. The molecule has 0 aliphatic carbocycles. The van der Waals surface area contributed by atoms with Crippen LogP contribution in [0, 0.1) is 0 Å². The summed E-state index contributed by atoms with van der Waals surface area (Å²) in [7, 11) is 0. The van der Waals surface area contributed by atoms with E-state index in [1.54, 1.807) is 30.5 Å². The van der Waals surface area contributed by atoms with Crippen molar-refractivity contribution in [2.75, 3.05) is 0 Å². The molecule has 106 valence electrons. The van der Waals surface area contributed by atoms with Crippen molar-refractivity contribution >= 4 is 27.5 Å². The highest BCUT2D eigenvalue weighted by molar-refractivity contribution is 9.10. The van der Waals surface area contributed by atoms with Gasteiger partial charge in [-0.05, 0) is 29.8 Å². The molecule has 0 saturated carbocycles. The van der Waals surface area contributed by atoms with E-state index in [4.69, 9.17) is 11.6 Å². The minimum atomic E-state index is -4.43. The number of rotatable bonds is 3. The second-order valence-corrected chi connectivity index (χ2v) is 5.66. The maximum absolute atomic E-state index is 13.0. The summed E-state index contributed by atoms with van der Waals surface area (Å²) in [6, 6.07) is 9.25. The molecule has 0 amide bonds. The molecule has 0 saturated heterocycles. The van der Waals surface area contributed by atoms with Gasteiger partial charge in [0, 0.05) is 22.8 Å². The predicted octanol–water partition coefficient (Wildman–Crippen LogP) is 5.39. The lowest BCUT2D eigenvalue weighted by Crippen LogP contribution is -2.11. The number of aromatic nitrogens is 1. The summed E-state index contributed by atoms with van der Waals surface area (Å²) in [6.45, 7) is 0. The second-order valence-electron chi connectivity index (χ2n) is 4.22. The van der Waals surface area contributed by atoms with Gasteiger partial charge in [0.25, 0.3) is 0 Å². The van der Waals surface area contributed by atoms with E-state index in [1.807, 2.05) is 0 Å². The molecule has 1 aromatic carbocycles. The first-order chi connectivity index (χ1) is 9.38. The van der Waals surface area contributed by atoms with Crippen molar-refractivity contribution in [1.29, 1.82) is 0 Å². The highest BCUT2D eigenvalue weighted by Gasteiger charge is 2.35. The van der Waals surface area contributed by atoms with Gasteiger partial charge in [-0.2, -0.15) is 13.2 Å². The average Bonchev–Trinajstić information content (AvgIpc) is 2.38. The van der Waals surface area contributed by atoms with E-state index in [9.17, 15) is 13.2 Å². The van der Waals surface area contributed by atoms with Gasteiger partial charge in [-0.25, -0.2) is 0 Å². The Kier molecular flexibility index (Phi) is 4.70. The predicted molar refractivity (Wildman–Crippen MR) is 75.7 cm³/mol. The molecule has 1 aromatic heterocycles. The summed E-state index contributed by atoms with van der Waals surface area (Å²) in [5, 5.41) is -0.783. The largest absolute Gasteiger partial charge is 0.416 e. The van der Waals surface area contributed by atoms with E-state index in [0.29, 0.717) is 10.2 Å². The first-order valence-electron chi connectivity index (χ1n) is 5.78. The third-order valence-corrected chi connectivity index (χ3v) is 3.66. The molecule has 0 fully saturated rings. The normalized spacial score (nSPS) is 13.2. The Morgan fingerprint density at radius 3 is 2.55 bits per heavy atom. The Bertz CT molecular complexity index is 587. The Balaban J connectivity index is 2.32. The van der Waals surface area contributed by atoms with Crippen LogP contribution in [0.4, 0.5) is 13.2 Å². The number of alkyl halides is 4. The van der Waals surface area contributed by atoms with Crippen LogP contribution in [0.3, 0.4) is 0 Å². The smallest absolute Gasteiger partial charge is 0.261 e. The number of pyridine rings is 1. The molecule has 0 spiro atoms. The van der Waals surface area contributed by atoms with Crippen molar-refractivity contribution < 1.29 is 13.2 Å². The van der Waals surface area contributed by atoms with Crippen molar-refractivity contribution in [2.45, 2.75) is 18.0 Å². The molecule has 0 radical (unpaired) electrons. The van der Waals surface area contributed by atoms with Crippen LogP contribution in [-0.4, -0.2) is 4.98 Å². The van der Waals surface area contributed by atoms with Crippen LogP contribution >= 0.6 is 27.5 Å². The quantitative estimate of drug-likeness (QED) is 0.666. The maximum Gasteiger partial charge on any atom is 0.416 e. The summed E-state index contributed by atoms with van der Waals surface area (Å²) in [4.78, 5) is 4.08. The number of benzene rings is 1. The fourth-order valence-electron chi connectivity index (χ4n) is 1.86. The molecule has 6 heteroatoms. The van der Waals surface area contributed by atoms with Gasteiger partial charge >= 0.3 is 6.18 Å². The summed E-state index contributed by atoms with van der Waals surface area (Å²) < 4.78 is 39.5. The average molecular weight is 365 g/mol. The van der Waals surface area contributed by atoms with Crippen molar-refractivity contribution in [3.8, 4) is 0 Å². The van der Waals surface area contributed by atoms with Crippen LogP contribution in [0.15, 0.2) is 47.1 Å². The molecule has 2 aromatic rings. The van der Waals surface area contributed by atoms with Crippen molar-refractivity contribution in [3.05, 3.63) is 63.9 Å². The number of halogens is 5. The first kappa shape index (κ1) is 15.3. The Hall–Kier alpha value is -1.07. The monoisotopic (exact) mass is 363 g/mol. The molecular weight excluding hydrogens is 355 g/mol. The van der Waals surface area contributed by atoms with Crippen LogP contribution in [0.5, 0.6) is 0 Å². The van der Waals surface area contributed by atoms with Gasteiger partial charge in [0.1, 0.15) is 0 Å². The second kappa shape index (κ2) is 6.14. The third kappa shape index (κ3) is 3.73. The van der Waals surface area contributed by atoms with Crippen LogP contribution in [0.25, 0.3) is 0 Å². The Morgan fingerprint density at radius 1 is 1.20 bits per heavy atom. The van der Waals surface area contributed by atoms with Gasteiger partial charge in [0.15, 0.2) is 0 Å².